The Kier molecular flexibility index (Phi) is 5.73. The molecule has 1 atom stereocenters. The molecule has 3 rings (SSSR count). The van der Waals surface area contributed by atoms with E-state index in [0.29, 0.717) is 18.7 Å². The van der Waals surface area contributed by atoms with Crippen molar-refractivity contribution < 1.29 is 14.3 Å². The number of anilines is 1. The molecule has 2 aromatic rings. The highest BCUT2D eigenvalue weighted by atomic mass is 16.5. The molecular weight excluding hydrogens is 352 g/mol. The lowest BCUT2D eigenvalue weighted by Crippen LogP contribution is -2.60. The van der Waals surface area contributed by atoms with Gasteiger partial charge in [0.1, 0.15) is 12.3 Å². The molecule has 1 heterocycles. The molecule has 2 aromatic carbocycles. The SMILES string of the molecule is COc1cccc(N2CC(Cc3ccccc3)N(C(=O)C(C)(C)C)CC2=O)c1. The van der Waals surface area contributed by atoms with Gasteiger partial charge in [-0.2, -0.15) is 0 Å². The number of hydrogen-bond acceptors (Lipinski definition) is 3. The largest absolute Gasteiger partial charge is 0.497 e. The topological polar surface area (TPSA) is 49.9 Å². The predicted molar refractivity (Wildman–Crippen MR) is 110 cm³/mol. The molecule has 1 aliphatic heterocycles. The maximum absolute atomic E-state index is 13.0. The van der Waals surface area contributed by atoms with Crippen molar-refractivity contribution in [2.75, 3.05) is 25.1 Å². The second-order valence-electron chi connectivity index (χ2n) is 8.23. The first-order chi connectivity index (χ1) is 13.3. The van der Waals surface area contributed by atoms with Gasteiger partial charge in [0.05, 0.1) is 13.2 Å². The van der Waals surface area contributed by atoms with Crippen molar-refractivity contribution in [1.29, 1.82) is 0 Å². The van der Waals surface area contributed by atoms with Gasteiger partial charge in [0, 0.05) is 23.7 Å². The molecular formula is C23H28N2O3. The molecule has 0 N–H and O–H groups in total. The molecule has 2 amide bonds. The predicted octanol–water partition coefficient (Wildman–Crippen LogP) is 3.53. The lowest BCUT2D eigenvalue weighted by atomic mass is 9.91. The Morgan fingerprint density at radius 3 is 2.46 bits per heavy atom. The first-order valence-electron chi connectivity index (χ1n) is 9.59. The van der Waals surface area contributed by atoms with Crippen molar-refractivity contribution in [3.8, 4) is 5.75 Å². The average molecular weight is 380 g/mol. The quantitative estimate of drug-likeness (QED) is 0.815. The van der Waals surface area contributed by atoms with Crippen molar-refractivity contribution >= 4 is 17.5 Å². The normalized spacial score (nSPS) is 17.6. The Balaban J connectivity index is 1.91. The maximum Gasteiger partial charge on any atom is 0.246 e. The third-order valence-electron chi connectivity index (χ3n) is 5.02. The average Bonchev–Trinajstić information content (AvgIpc) is 2.68. The third kappa shape index (κ3) is 4.35. The van der Waals surface area contributed by atoms with Gasteiger partial charge in [-0.15, -0.1) is 0 Å². The summed E-state index contributed by atoms with van der Waals surface area (Å²) < 4.78 is 5.30. The van der Waals surface area contributed by atoms with E-state index in [-0.39, 0.29) is 24.4 Å². The lowest BCUT2D eigenvalue weighted by molar-refractivity contribution is -0.146. The number of carbonyl (C=O) groups is 2. The van der Waals surface area contributed by atoms with Crippen LogP contribution < -0.4 is 9.64 Å². The molecule has 0 aromatic heterocycles. The second-order valence-corrected chi connectivity index (χ2v) is 8.23. The summed E-state index contributed by atoms with van der Waals surface area (Å²) in [6.07, 6.45) is 0.705. The molecule has 1 aliphatic rings. The van der Waals surface area contributed by atoms with Crippen LogP contribution in [-0.2, 0) is 16.0 Å². The van der Waals surface area contributed by atoms with Gasteiger partial charge in [0.25, 0.3) is 0 Å². The van der Waals surface area contributed by atoms with Crippen molar-refractivity contribution in [1.82, 2.24) is 4.90 Å². The fourth-order valence-corrected chi connectivity index (χ4v) is 3.53. The first-order valence-corrected chi connectivity index (χ1v) is 9.59. The highest BCUT2D eigenvalue weighted by Gasteiger charge is 2.39. The number of carbonyl (C=O) groups excluding carboxylic acids is 2. The fraction of sp³-hybridized carbons (Fsp3) is 0.391. The highest BCUT2D eigenvalue weighted by molar-refractivity contribution is 5.99. The van der Waals surface area contributed by atoms with Crippen LogP contribution in [-0.4, -0.2) is 43.0 Å². The molecule has 1 saturated heterocycles. The van der Waals surface area contributed by atoms with E-state index in [9.17, 15) is 9.59 Å². The second kappa shape index (κ2) is 8.05. The van der Waals surface area contributed by atoms with E-state index in [0.717, 1.165) is 11.3 Å². The van der Waals surface area contributed by atoms with E-state index in [4.69, 9.17) is 4.74 Å². The molecule has 5 heteroatoms. The van der Waals surface area contributed by atoms with Crippen molar-refractivity contribution in [3.05, 3.63) is 60.2 Å². The van der Waals surface area contributed by atoms with Gasteiger partial charge in [-0.3, -0.25) is 9.59 Å². The monoisotopic (exact) mass is 380 g/mol. The summed E-state index contributed by atoms with van der Waals surface area (Å²) in [7, 11) is 1.61. The van der Waals surface area contributed by atoms with Crippen molar-refractivity contribution in [2.24, 2.45) is 5.41 Å². The fourth-order valence-electron chi connectivity index (χ4n) is 3.53. The summed E-state index contributed by atoms with van der Waals surface area (Å²) in [5.74, 6) is 0.639. The number of methoxy groups -OCH3 is 1. The minimum Gasteiger partial charge on any atom is -0.497 e. The van der Waals surface area contributed by atoms with Crippen LogP contribution in [0.3, 0.4) is 0 Å². The zero-order chi connectivity index (χ0) is 20.3. The summed E-state index contributed by atoms with van der Waals surface area (Å²) in [5, 5.41) is 0. The number of piperazine rings is 1. The Bertz CT molecular complexity index is 842. The van der Waals surface area contributed by atoms with Crippen LogP contribution in [0, 0.1) is 5.41 Å². The van der Waals surface area contributed by atoms with E-state index in [2.05, 4.69) is 12.1 Å². The third-order valence-corrected chi connectivity index (χ3v) is 5.02. The van der Waals surface area contributed by atoms with Gasteiger partial charge in [0.2, 0.25) is 11.8 Å². The summed E-state index contributed by atoms with van der Waals surface area (Å²) in [5.41, 5.74) is 1.41. The minimum absolute atomic E-state index is 0.00655. The standard InChI is InChI=1S/C23H28N2O3/c1-23(2,3)22(27)25-16-21(26)24(18-11-8-12-20(14-18)28-4)15-19(25)13-17-9-6-5-7-10-17/h5-12,14,19H,13,15-16H2,1-4H3. The van der Waals surface area contributed by atoms with Gasteiger partial charge >= 0.3 is 0 Å². The van der Waals surface area contributed by atoms with E-state index in [1.165, 1.54) is 0 Å². The zero-order valence-corrected chi connectivity index (χ0v) is 17.0. The molecule has 5 nitrogen and oxygen atoms in total. The summed E-state index contributed by atoms with van der Waals surface area (Å²) >= 11 is 0. The number of amides is 2. The molecule has 0 saturated carbocycles. The Hall–Kier alpha value is -2.82. The number of rotatable bonds is 4. The van der Waals surface area contributed by atoms with Crippen LogP contribution in [0.15, 0.2) is 54.6 Å². The Labute approximate surface area is 166 Å². The maximum atomic E-state index is 13.0. The van der Waals surface area contributed by atoms with Crippen LogP contribution in [0.5, 0.6) is 5.75 Å². The number of benzene rings is 2. The Morgan fingerprint density at radius 1 is 1.11 bits per heavy atom. The summed E-state index contributed by atoms with van der Waals surface area (Å²) in [6, 6.07) is 17.5. The number of nitrogens with zero attached hydrogens (tertiary/aromatic N) is 2. The van der Waals surface area contributed by atoms with Crippen LogP contribution in [0.1, 0.15) is 26.3 Å². The number of ether oxygens (including phenoxy) is 1. The summed E-state index contributed by atoms with van der Waals surface area (Å²) in [6.45, 7) is 6.24. The van der Waals surface area contributed by atoms with Crippen LogP contribution in [0.25, 0.3) is 0 Å². The molecule has 0 spiro atoms. The van der Waals surface area contributed by atoms with E-state index < -0.39 is 5.41 Å². The Morgan fingerprint density at radius 2 is 1.82 bits per heavy atom. The van der Waals surface area contributed by atoms with Gasteiger partial charge in [-0.05, 0) is 24.1 Å². The molecule has 1 unspecified atom stereocenters. The van der Waals surface area contributed by atoms with Crippen LogP contribution in [0.4, 0.5) is 5.69 Å². The van der Waals surface area contributed by atoms with E-state index >= 15 is 0 Å². The summed E-state index contributed by atoms with van der Waals surface area (Å²) in [4.78, 5) is 29.5. The van der Waals surface area contributed by atoms with Crippen molar-refractivity contribution in [3.63, 3.8) is 0 Å². The zero-order valence-electron chi connectivity index (χ0n) is 17.0. The van der Waals surface area contributed by atoms with Gasteiger partial charge in [-0.25, -0.2) is 0 Å². The highest BCUT2D eigenvalue weighted by Crippen LogP contribution is 2.28. The van der Waals surface area contributed by atoms with Crippen LogP contribution in [0.2, 0.25) is 0 Å². The molecule has 1 fully saturated rings. The van der Waals surface area contributed by atoms with Gasteiger partial charge < -0.3 is 14.5 Å². The molecule has 0 radical (unpaired) electrons. The van der Waals surface area contributed by atoms with Crippen molar-refractivity contribution in [2.45, 2.75) is 33.2 Å². The van der Waals surface area contributed by atoms with Crippen LogP contribution >= 0.6 is 0 Å². The van der Waals surface area contributed by atoms with E-state index in [1.807, 2.05) is 63.2 Å². The molecule has 0 bridgehead atoms. The molecule has 28 heavy (non-hydrogen) atoms. The van der Waals surface area contributed by atoms with Gasteiger partial charge in [-0.1, -0.05) is 57.2 Å². The smallest absolute Gasteiger partial charge is 0.246 e. The first kappa shape index (κ1) is 19.9. The number of hydrogen-bond donors (Lipinski definition) is 0. The minimum atomic E-state index is -0.534. The lowest BCUT2D eigenvalue weighted by Gasteiger charge is -2.43. The molecule has 148 valence electrons. The van der Waals surface area contributed by atoms with E-state index in [1.54, 1.807) is 16.9 Å². The molecule has 0 aliphatic carbocycles. The van der Waals surface area contributed by atoms with Gasteiger partial charge in [0.15, 0.2) is 0 Å².